The molecule has 0 aliphatic rings. The molecule has 1 aromatic carbocycles. The molecule has 6 nitrogen and oxygen atoms in total. The number of benzene rings is 1. The standard InChI is InChI=1S/C17H21N3O3/c1-4-8-23-16(22)12-6-5-7-13(9-12)18-17-19-14(11(2)3)10-15(21)20-17/h5-7,9-11H,4,8H2,1-3H3,(H2,18,19,20,21). The van der Waals surface area contributed by atoms with Crippen LogP contribution >= 0.6 is 0 Å². The van der Waals surface area contributed by atoms with Crippen molar-refractivity contribution in [1.29, 1.82) is 0 Å². The highest BCUT2D eigenvalue weighted by Crippen LogP contribution is 2.17. The van der Waals surface area contributed by atoms with Gasteiger partial charge in [-0.05, 0) is 30.5 Å². The van der Waals surface area contributed by atoms with E-state index in [0.29, 0.717) is 29.5 Å². The monoisotopic (exact) mass is 315 g/mol. The lowest BCUT2D eigenvalue weighted by atomic mass is 10.1. The van der Waals surface area contributed by atoms with Gasteiger partial charge in [0.1, 0.15) is 0 Å². The van der Waals surface area contributed by atoms with Crippen molar-refractivity contribution in [1.82, 2.24) is 9.97 Å². The van der Waals surface area contributed by atoms with Crippen LogP contribution < -0.4 is 10.9 Å². The molecule has 23 heavy (non-hydrogen) atoms. The Hall–Kier alpha value is -2.63. The Balaban J connectivity index is 2.21. The molecule has 1 aromatic heterocycles. The minimum Gasteiger partial charge on any atom is -0.462 e. The average molecular weight is 315 g/mol. The van der Waals surface area contributed by atoms with Crippen molar-refractivity contribution in [3.63, 3.8) is 0 Å². The summed E-state index contributed by atoms with van der Waals surface area (Å²) in [6.45, 7) is 6.27. The molecule has 2 aromatic rings. The largest absolute Gasteiger partial charge is 0.462 e. The molecule has 2 rings (SSSR count). The summed E-state index contributed by atoms with van der Waals surface area (Å²) in [7, 11) is 0. The van der Waals surface area contributed by atoms with Crippen molar-refractivity contribution < 1.29 is 9.53 Å². The molecule has 0 atom stereocenters. The zero-order chi connectivity index (χ0) is 16.8. The minimum atomic E-state index is -0.368. The van der Waals surface area contributed by atoms with E-state index in [9.17, 15) is 9.59 Å². The summed E-state index contributed by atoms with van der Waals surface area (Å²) in [6.07, 6.45) is 0.775. The Kier molecular flexibility index (Phi) is 5.51. The first-order chi connectivity index (χ1) is 11.0. The molecule has 0 radical (unpaired) electrons. The SMILES string of the molecule is CCCOC(=O)c1cccc(Nc2nc(C(C)C)cc(=O)[nH]2)c1. The molecule has 0 amide bonds. The average Bonchev–Trinajstić information content (AvgIpc) is 2.52. The third kappa shape index (κ3) is 4.67. The number of carbonyl (C=O) groups is 1. The Bertz CT molecular complexity index is 738. The van der Waals surface area contributed by atoms with E-state index in [1.165, 1.54) is 6.07 Å². The molecule has 0 aliphatic carbocycles. The van der Waals surface area contributed by atoms with Crippen molar-refractivity contribution >= 4 is 17.6 Å². The second-order valence-corrected chi connectivity index (χ2v) is 5.52. The number of aromatic amines is 1. The summed E-state index contributed by atoms with van der Waals surface area (Å²) in [5, 5.41) is 3.02. The molecular weight excluding hydrogens is 294 g/mol. The maximum absolute atomic E-state index is 11.9. The van der Waals surface area contributed by atoms with Crippen molar-refractivity contribution in [2.24, 2.45) is 0 Å². The van der Waals surface area contributed by atoms with E-state index >= 15 is 0 Å². The molecule has 1 heterocycles. The molecule has 0 aliphatic heterocycles. The van der Waals surface area contributed by atoms with E-state index < -0.39 is 0 Å². The van der Waals surface area contributed by atoms with Gasteiger partial charge in [-0.1, -0.05) is 26.8 Å². The maximum Gasteiger partial charge on any atom is 0.338 e. The number of hydrogen-bond donors (Lipinski definition) is 2. The summed E-state index contributed by atoms with van der Waals surface area (Å²) in [5.74, 6) is 0.126. The molecule has 6 heteroatoms. The fourth-order valence-electron chi connectivity index (χ4n) is 1.97. The number of esters is 1. The molecular formula is C17H21N3O3. The lowest BCUT2D eigenvalue weighted by molar-refractivity contribution is 0.0505. The predicted molar refractivity (Wildman–Crippen MR) is 89.2 cm³/mol. The van der Waals surface area contributed by atoms with Crippen molar-refractivity contribution in [3.05, 3.63) is 51.9 Å². The lowest BCUT2D eigenvalue weighted by Crippen LogP contribution is -2.13. The fourth-order valence-corrected chi connectivity index (χ4v) is 1.97. The molecule has 0 unspecified atom stereocenters. The number of rotatable bonds is 6. The summed E-state index contributed by atoms with van der Waals surface area (Å²) < 4.78 is 5.11. The number of nitrogens with one attached hydrogen (secondary N) is 2. The lowest BCUT2D eigenvalue weighted by Gasteiger charge is -2.10. The highest BCUT2D eigenvalue weighted by atomic mass is 16.5. The molecule has 0 fully saturated rings. The quantitative estimate of drug-likeness (QED) is 0.800. The highest BCUT2D eigenvalue weighted by Gasteiger charge is 2.09. The smallest absolute Gasteiger partial charge is 0.338 e. The topological polar surface area (TPSA) is 84.1 Å². The number of ether oxygens (including phenoxy) is 1. The van der Waals surface area contributed by atoms with Crippen LogP contribution in [0.15, 0.2) is 35.1 Å². The zero-order valence-corrected chi connectivity index (χ0v) is 13.6. The van der Waals surface area contributed by atoms with Crippen molar-refractivity contribution in [3.8, 4) is 0 Å². The van der Waals surface area contributed by atoms with Gasteiger partial charge < -0.3 is 10.1 Å². The van der Waals surface area contributed by atoms with Gasteiger partial charge in [0.05, 0.1) is 17.9 Å². The van der Waals surface area contributed by atoms with E-state index in [1.807, 2.05) is 20.8 Å². The van der Waals surface area contributed by atoms with Gasteiger partial charge in [0.15, 0.2) is 0 Å². The van der Waals surface area contributed by atoms with E-state index in [1.54, 1.807) is 24.3 Å². The van der Waals surface area contributed by atoms with Crippen LogP contribution in [0.2, 0.25) is 0 Å². The Labute approximate surface area is 134 Å². The Morgan fingerprint density at radius 3 is 2.83 bits per heavy atom. The van der Waals surface area contributed by atoms with E-state index in [4.69, 9.17) is 4.74 Å². The molecule has 0 saturated heterocycles. The number of aromatic nitrogens is 2. The number of nitrogens with zero attached hydrogens (tertiary/aromatic N) is 1. The van der Waals surface area contributed by atoms with Gasteiger partial charge >= 0.3 is 5.97 Å². The van der Waals surface area contributed by atoms with Crippen LogP contribution in [0.3, 0.4) is 0 Å². The number of carbonyl (C=O) groups excluding carboxylic acids is 1. The number of hydrogen-bond acceptors (Lipinski definition) is 5. The van der Waals surface area contributed by atoms with Gasteiger partial charge in [-0.15, -0.1) is 0 Å². The second-order valence-electron chi connectivity index (χ2n) is 5.52. The summed E-state index contributed by atoms with van der Waals surface area (Å²) in [6, 6.07) is 8.37. The molecule has 122 valence electrons. The second kappa shape index (κ2) is 7.58. The van der Waals surface area contributed by atoms with Crippen LogP contribution in [-0.2, 0) is 4.74 Å². The van der Waals surface area contributed by atoms with Gasteiger partial charge in [0, 0.05) is 11.8 Å². The van der Waals surface area contributed by atoms with Gasteiger partial charge in [-0.25, -0.2) is 9.78 Å². The third-order valence-electron chi connectivity index (χ3n) is 3.15. The first kappa shape index (κ1) is 16.7. The number of anilines is 2. The summed E-state index contributed by atoms with van der Waals surface area (Å²) >= 11 is 0. The van der Waals surface area contributed by atoms with E-state index in [0.717, 1.165) is 6.42 Å². The summed E-state index contributed by atoms with van der Waals surface area (Å²) in [4.78, 5) is 30.6. The summed E-state index contributed by atoms with van der Waals surface area (Å²) in [5.41, 5.74) is 1.59. The van der Waals surface area contributed by atoms with Gasteiger partial charge in [0.25, 0.3) is 5.56 Å². The van der Waals surface area contributed by atoms with Crippen molar-refractivity contribution in [2.45, 2.75) is 33.1 Å². The maximum atomic E-state index is 11.9. The number of H-pyrrole nitrogens is 1. The normalized spacial score (nSPS) is 10.6. The van der Waals surface area contributed by atoms with Crippen molar-refractivity contribution in [2.75, 3.05) is 11.9 Å². The van der Waals surface area contributed by atoms with Gasteiger partial charge in [0.2, 0.25) is 5.95 Å². The van der Waals surface area contributed by atoms with E-state index in [-0.39, 0.29) is 17.4 Å². The first-order valence-corrected chi connectivity index (χ1v) is 7.65. The highest BCUT2D eigenvalue weighted by molar-refractivity contribution is 5.90. The van der Waals surface area contributed by atoms with Gasteiger partial charge in [-0.2, -0.15) is 0 Å². The Morgan fingerprint density at radius 1 is 1.35 bits per heavy atom. The van der Waals surface area contributed by atoms with E-state index in [2.05, 4.69) is 15.3 Å². The molecule has 0 bridgehead atoms. The minimum absolute atomic E-state index is 0.146. The first-order valence-electron chi connectivity index (χ1n) is 7.65. The third-order valence-corrected chi connectivity index (χ3v) is 3.15. The van der Waals surface area contributed by atoms with Crippen LogP contribution in [0.5, 0.6) is 0 Å². The van der Waals surface area contributed by atoms with Crippen LogP contribution in [-0.4, -0.2) is 22.5 Å². The fraction of sp³-hybridized carbons (Fsp3) is 0.353. The van der Waals surface area contributed by atoms with Crippen LogP contribution in [0, 0.1) is 0 Å². The predicted octanol–water partition coefficient (Wildman–Crippen LogP) is 3.20. The molecule has 2 N–H and O–H groups in total. The van der Waals surface area contributed by atoms with Crippen LogP contribution in [0.1, 0.15) is 49.2 Å². The molecule has 0 spiro atoms. The molecule has 0 saturated carbocycles. The van der Waals surface area contributed by atoms with Gasteiger partial charge in [-0.3, -0.25) is 9.78 Å². The van der Waals surface area contributed by atoms with Crippen LogP contribution in [0.25, 0.3) is 0 Å². The Morgan fingerprint density at radius 2 is 2.13 bits per heavy atom. The zero-order valence-electron chi connectivity index (χ0n) is 13.6. The van der Waals surface area contributed by atoms with Crippen LogP contribution in [0.4, 0.5) is 11.6 Å².